The molecule has 6 aromatic rings. The minimum Gasteiger partial charge on any atom is -0.458 e. The summed E-state index contributed by atoms with van der Waals surface area (Å²) in [5, 5.41) is 0. The molecule has 6 aromatic carbocycles. The first-order chi connectivity index (χ1) is 24.0. The predicted octanol–water partition coefficient (Wildman–Crippen LogP) is 9.46. The second-order valence-electron chi connectivity index (χ2n) is 14.6. The van der Waals surface area contributed by atoms with Gasteiger partial charge >= 0.3 is 0 Å². The largest absolute Gasteiger partial charge is 0.458 e. The number of hydrogen-bond donors (Lipinski definition) is 0. The summed E-state index contributed by atoms with van der Waals surface area (Å²) in [6.45, 7) is 9.45. The number of benzene rings is 6. The van der Waals surface area contributed by atoms with Crippen molar-refractivity contribution in [2.45, 2.75) is 51.6 Å². The molecule has 0 fully saturated rings. The van der Waals surface area contributed by atoms with Crippen molar-refractivity contribution < 1.29 is 9.47 Å². The molecule has 0 spiro atoms. The second kappa shape index (κ2) is 9.60. The lowest BCUT2D eigenvalue weighted by Gasteiger charge is -2.41. The number of para-hydroxylation sites is 4. The minimum atomic E-state index is -0.142. The van der Waals surface area contributed by atoms with E-state index in [1.165, 1.54) is 61.5 Å². The summed E-state index contributed by atoms with van der Waals surface area (Å²) >= 11 is 0. The van der Waals surface area contributed by atoms with Gasteiger partial charge in [0.1, 0.15) is 29.2 Å². The van der Waals surface area contributed by atoms with Gasteiger partial charge in [-0.05, 0) is 75.0 Å². The molecule has 0 aliphatic carbocycles. The summed E-state index contributed by atoms with van der Waals surface area (Å²) in [6.07, 6.45) is -0.142. The molecular weight excluding hydrogens is 599 g/mol. The average Bonchev–Trinajstić information content (AvgIpc) is 3.49. The summed E-state index contributed by atoms with van der Waals surface area (Å²) in [4.78, 5) is 5.30. The Morgan fingerprint density at radius 3 is 1.78 bits per heavy atom. The van der Waals surface area contributed by atoms with Crippen LogP contribution in [-0.2, 0) is 0 Å². The summed E-state index contributed by atoms with van der Waals surface area (Å²) in [7, 11) is 0. The van der Waals surface area contributed by atoms with Gasteiger partial charge in [0.15, 0.2) is 0 Å². The van der Waals surface area contributed by atoms with Crippen molar-refractivity contribution in [3.8, 4) is 23.0 Å². The first-order valence-corrected chi connectivity index (χ1v) is 17.7. The zero-order chi connectivity index (χ0) is 32.7. The van der Waals surface area contributed by atoms with Gasteiger partial charge in [0.25, 0.3) is 6.71 Å². The summed E-state index contributed by atoms with van der Waals surface area (Å²) in [6, 6.07) is 42.3. The number of ether oxygens (including phenoxy) is 2. The molecule has 0 N–H and O–H groups in total. The van der Waals surface area contributed by atoms with E-state index in [1.807, 2.05) is 0 Å². The van der Waals surface area contributed by atoms with E-state index in [1.54, 1.807) is 0 Å². The van der Waals surface area contributed by atoms with Gasteiger partial charge in [-0.2, -0.15) is 0 Å². The maximum Gasteiger partial charge on any atom is 0.260 e. The Balaban J connectivity index is 1.22. The lowest BCUT2D eigenvalue weighted by Crippen LogP contribution is -2.57. The third-order valence-electron chi connectivity index (χ3n) is 11.8. The third-order valence-corrected chi connectivity index (χ3v) is 11.8. The molecule has 49 heavy (non-hydrogen) atoms. The molecular formula is C44H35BN2O2. The van der Waals surface area contributed by atoms with Gasteiger partial charge in [-0.3, -0.25) is 0 Å². The maximum absolute atomic E-state index is 6.85. The Morgan fingerprint density at radius 1 is 0.551 bits per heavy atom. The van der Waals surface area contributed by atoms with E-state index >= 15 is 0 Å². The van der Waals surface area contributed by atoms with Crippen LogP contribution < -0.4 is 35.7 Å². The van der Waals surface area contributed by atoms with E-state index < -0.39 is 0 Å². The van der Waals surface area contributed by atoms with Crippen LogP contribution in [0.4, 0.5) is 22.7 Å². The minimum absolute atomic E-state index is 0.0496. The number of hydrogen-bond acceptors (Lipinski definition) is 4. The van der Waals surface area contributed by atoms with Gasteiger partial charge in [0.2, 0.25) is 0 Å². The van der Waals surface area contributed by atoms with Crippen molar-refractivity contribution >= 4 is 45.9 Å². The van der Waals surface area contributed by atoms with Crippen molar-refractivity contribution in [3.63, 3.8) is 0 Å². The Labute approximate surface area is 287 Å². The molecule has 0 aromatic heterocycles. The van der Waals surface area contributed by atoms with Crippen LogP contribution in [0.15, 0.2) is 115 Å². The van der Waals surface area contributed by atoms with E-state index in [2.05, 4.69) is 153 Å². The molecule has 0 radical (unpaired) electrons. The molecule has 11 rings (SSSR count). The fraction of sp³-hybridized carbons (Fsp3) is 0.182. The van der Waals surface area contributed by atoms with Crippen LogP contribution in [0.25, 0.3) is 0 Å². The smallest absolute Gasteiger partial charge is 0.260 e. The van der Waals surface area contributed by atoms with E-state index in [0.29, 0.717) is 5.92 Å². The van der Waals surface area contributed by atoms with Gasteiger partial charge in [0.05, 0.1) is 17.1 Å². The standard InChI is InChI=1S/C44H35BN2O2/c1-24(2)28-13-11-14-30-26(4)32-21-20-31-25(3)29-12-5-8-17-35(29)46-42(31)43(32)47(41(28)30)44(46)27-22-38-40-39(23-27)49-37-19-10-7-16-34(37)45(40)33-15-6-9-18-36(33)48-38/h5-26,44H,1-4H3. The first kappa shape index (κ1) is 27.5. The van der Waals surface area contributed by atoms with Crippen LogP contribution in [0.2, 0.25) is 0 Å². The highest BCUT2D eigenvalue weighted by Crippen LogP contribution is 2.66. The quantitative estimate of drug-likeness (QED) is 0.177. The number of rotatable bonds is 2. The maximum atomic E-state index is 6.85. The van der Waals surface area contributed by atoms with Crippen molar-refractivity contribution in [2.24, 2.45) is 0 Å². The Morgan fingerprint density at radius 2 is 1.10 bits per heavy atom. The highest BCUT2D eigenvalue weighted by atomic mass is 16.5. The number of fused-ring (bicyclic) bond motifs is 8. The fourth-order valence-electron chi connectivity index (χ4n) is 9.61. The highest BCUT2D eigenvalue weighted by molar-refractivity contribution is 6.98. The van der Waals surface area contributed by atoms with Gasteiger partial charge in [0, 0.05) is 28.5 Å². The zero-order valence-electron chi connectivity index (χ0n) is 28.1. The van der Waals surface area contributed by atoms with E-state index in [-0.39, 0.29) is 24.7 Å². The molecule has 0 amide bonds. The molecule has 0 bridgehead atoms. The van der Waals surface area contributed by atoms with Crippen LogP contribution in [-0.4, -0.2) is 6.71 Å². The van der Waals surface area contributed by atoms with Crippen LogP contribution in [0.3, 0.4) is 0 Å². The molecule has 5 heterocycles. The van der Waals surface area contributed by atoms with E-state index in [4.69, 9.17) is 9.47 Å². The van der Waals surface area contributed by atoms with Gasteiger partial charge in [-0.25, -0.2) is 0 Å². The molecule has 3 atom stereocenters. The van der Waals surface area contributed by atoms with Crippen molar-refractivity contribution in [1.82, 2.24) is 0 Å². The lowest BCUT2D eigenvalue weighted by atomic mass is 9.35. The topological polar surface area (TPSA) is 24.9 Å². The average molecular weight is 635 g/mol. The SMILES string of the molecule is CC(C)c1cccc2c1N1c3c(ccc4c3N(c3ccccc3C4C)C1c1cc3c4c(c1)Oc1ccccc1B4c1ccccc1O3)C2C. The first-order valence-electron chi connectivity index (χ1n) is 17.7. The number of nitrogens with zero attached hydrogens (tertiary/aromatic N) is 2. The Bertz CT molecular complexity index is 2350. The van der Waals surface area contributed by atoms with Crippen LogP contribution >= 0.6 is 0 Å². The fourth-order valence-corrected chi connectivity index (χ4v) is 9.61. The summed E-state index contributed by atoms with van der Waals surface area (Å²) in [5.74, 6) is 4.52. The summed E-state index contributed by atoms with van der Waals surface area (Å²) in [5.41, 5.74) is 16.8. The molecule has 5 heteroatoms. The molecule has 5 aliphatic rings. The van der Waals surface area contributed by atoms with E-state index in [0.717, 1.165) is 34.0 Å². The number of anilines is 4. The molecule has 0 saturated heterocycles. The van der Waals surface area contributed by atoms with Gasteiger partial charge < -0.3 is 19.3 Å². The molecule has 236 valence electrons. The molecule has 4 nitrogen and oxygen atoms in total. The Kier molecular flexibility index (Phi) is 5.39. The van der Waals surface area contributed by atoms with Crippen LogP contribution in [0.1, 0.15) is 85.0 Å². The zero-order valence-corrected chi connectivity index (χ0v) is 28.1. The highest BCUT2D eigenvalue weighted by Gasteiger charge is 2.50. The predicted molar refractivity (Wildman–Crippen MR) is 200 cm³/mol. The normalized spacial score (nSPS) is 19.6. The van der Waals surface area contributed by atoms with Gasteiger partial charge in [-0.15, -0.1) is 0 Å². The molecule has 5 aliphatic heterocycles. The lowest BCUT2D eigenvalue weighted by molar-refractivity contribution is 0.462. The monoisotopic (exact) mass is 634 g/mol. The van der Waals surface area contributed by atoms with Crippen LogP contribution in [0.5, 0.6) is 23.0 Å². The third kappa shape index (κ3) is 3.45. The van der Waals surface area contributed by atoms with Crippen molar-refractivity contribution in [3.05, 3.63) is 149 Å². The summed E-state index contributed by atoms with van der Waals surface area (Å²) < 4.78 is 13.7. The Hall–Kier alpha value is -5.42. The van der Waals surface area contributed by atoms with Crippen molar-refractivity contribution in [1.29, 1.82) is 0 Å². The van der Waals surface area contributed by atoms with Crippen LogP contribution in [0, 0.1) is 0 Å². The molecule has 0 saturated carbocycles. The van der Waals surface area contributed by atoms with Gasteiger partial charge in [-0.1, -0.05) is 113 Å². The van der Waals surface area contributed by atoms with E-state index in [9.17, 15) is 0 Å². The second-order valence-corrected chi connectivity index (χ2v) is 14.6. The van der Waals surface area contributed by atoms with Crippen molar-refractivity contribution in [2.75, 3.05) is 9.80 Å². The molecule has 3 unspecified atom stereocenters.